The van der Waals surface area contributed by atoms with Crippen LogP contribution in [0.1, 0.15) is 6.42 Å². The van der Waals surface area contributed by atoms with Crippen LogP contribution in [-0.2, 0) is 14.6 Å². The molecule has 1 atom stereocenters. The fourth-order valence-electron chi connectivity index (χ4n) is 2.21. The minimum atomic E-state index is -3.03. The van der Waals surface area contributed by atoms with Crippen LogP contribution < -0.4 is 10.6 Å². The molecule has 0 spiro atoms. The van der Waals surface area contributed by atoms with E-state index in [0.29, 0.717) is 5.11 Å². The predicted octanol–water partition coefficient (Wildman–Crippen LogP) is -0.516. The van der Waals surface area contributed by atoms with Crippen molar-refractivity contribution in [1.82, 2.24) is 15.5 Å². The quantitative estimate of drug-likeness (QED) is 0.522. The van der Waals surface area contributed by atoms with Gasteiger partial charge in [0.15, 0.2) is 14.9 Å². The van der Waals surface area contributed by atoms with Crippen LogP contribution in [0.25, 0.3) is 0 Å². The highest BCUT2D eigenvalue weighted by molar-refractivity contribution is 7.94. The van der Waals surface area contributed by atoms with Gasteiger partial charge in [0.1, 0.15) is 0 Å². The average molecular weight is 319 g/mol. The zero-order valence-corrected chi connectivity index (χ0v) is 13.0. The molecule has 2 heterocycles. The molecule has 0 aromatic carbocycles. The average Bonchev–Trinajstić information content (AvgIpc) is 2.75. The van der Waals surface area contributed by atoms with Crippen LogP contribution in [0.3, 0.4) is 0 Å². The Kier molecular flexibility index (Phi) is 5.76. The zero-order valence-electron chi connectivity index (χ0n) is 11.4. The van der Waals surface area contributed by atoms with Gasteiger partial charge in [0.2, 0.25) is 0 Å². The lowest BCUT2D eigenvalue weighted by atomic mass is 10.3. The van der Waals surface area contributed by atoms with Crippen LogP contribution in [0.15, 0.2) is 11.5 Å². The van der Waals surface area contributed by atoms with Crippen LogP contribution in [0, 0.1) is 0 Å². The maximum absolute atomic E-state index is 11.3. The predicted molar refractivity (Wildman–Crippen MR) is 82.3 cm³/mol. The molecule has 20 heavy (non-hydrogen) atoms. The van der Waals surface area contributed by atoms with Crippen molar-refractivity contribution in [3.8, 4) is 0 Å². The Bertz CT molecular complexity index is 459. The van der Waals surface area contributed by atoms with Crippen molar-refractivity contribution in [1.29, 1.82) is 0 Å². The first-order valence-corrected chi connectivity index (χ1v) is 8.93. The lowest BCUT2D eigenvalue weighted by Gasteiger charge is -2.26. The van der Waals surface area contributed by atoms with Crippen molar-refractivity contribution >= 4 is 27.2 Å². The summed E-state index contributed by atoms with van der Waals surface area (Å²) in [4.78, 5) is 2.37. The van der Waals surface area contributed by atoms with Crippen molar-refractivity contribution < 1.29 is 13.2 Å². The van der Waals surface area contributed by atoms with Crippen LogP contribution in [0.4, 0.5) is 0 Å². The first-order valence-electron chi connectivity index (χ1n) is 6.81. The minimum Gasteiger partial charge on any atom is -0.379 e. The SMILES string of the molecule is O=S1(=O)C=CC(NC(=S)NCCCN2CCOCC2)C1. The molecular formula is C12H21N3O3S2. The van der Waals surface area contributed by atoms with Crippen LogP contribution in [-0.4, -0.2) is 69.6 Å². The molecule has 2 N–H and O–H groups in total. The number of nitrogens with zero attached hydrogens (tertiary/aromatic N) is 1. The van der Waals surface area contributed by atoms with Gasteiger partial charge < -0.3 is 15.4 Å². The van der Waals surface area contributed by atoms with E-state index in [4.69, 9.17) is 17.0 Å². The molecule has 0 aliphatic carbocycles. The van der Waals surface area contributed by atoms with Gasteiger partial charge in [-0.15, -0.1) is 0 Å². The molecule has 0 aromatic rings. The maximum atomic E-state index is 11.3. The number of morpholine rings is 1. The monoisotopic (exact) mass is 319 g/mol. The molecule has 0 bridgehead atoms. The van der Waals surface area contributed by atoms with Gasteiger partial charge in [0, 0.05) is 25.0 Å². The molecule has 8 heteroatoms. The summed E-state index contributed by atoms with van der Waals surface area (Å²) in [5.41, 5.74) is 0. The molecule has 2 aliphatic heterocycles. The van der Waals surface area contributed by atoms with Gasteiger partial charge in [0.25, 0.3) is 0 Å². The Balaban J connectivity index is 1.55. The number of hydrogen-bond acceptors (Lipinski definition) is 5. The standard InChI is InChI=1S/C12H21N3O3S2/c16-20(17)9-2-11(10-20)14-12(19)13-3-1-4-15-5-7-18-8-6-15/h2,9,11H,1,3-8,10H2,(H2,13,14,19). The van der Waals surface area contributed by atoms with E-state index in [0.717, 1.165) is 45.8 Å². The fraction of sp³-hybridized carbons (Fsp3) is 0.750. The maximum Gasteiger partial charge on any atom is 0.173 e. The van der Waals surface area contributed by atoms with E-state index in [1.54, 1.807) is 6.08 Å². The van der Waals surface area contributed by atoms with Crippen molar-refractivity contribution in [2.75, 3.05) is 45.1 Å². The molecule has 2 aliphatic rings. The molecule has 0 amide bonds. The lowest BCUT2D eigenvalue weighted by Crippen LogP contribution is -2.43. The zero-order chi connectivity index (χ0) is 14.4. The topological polar surface area (TPSA) is 70.7 Å². The molecule has 0 aromatic heterocycles. The summed E-state index contributed by atoms with van der Waals surface area (Å²) >= 11 is 5.15. The summed E-state index contributed by atoms with van der Waals surface area (Å²) < 4.78 is 27.8. The summed E-state index contributed by atoms with van der Waals surface area (Å²) in [5.74, 6) is 0.0859. The lowest BCUT2D eigenvalue weighted by molar-refractivity contribution is 0.0376. The molecular weight excluding hydrogens is 298 g/mol. The highest BCUT2D eigenvalue weighted by Gasteiger charge is 2.21. The summed E-state index contributed by atoms with van der Waals surface area (Å²) in [6.07, 6.45) is 2.64. The molecule has 0 radical (unpaired) electrons. The van der Waals surface area contributed by atoms with Gasteiger partial charge in [0.05, 0.1) is 25.0 Å². The van der Waals surface area contributed by atoms with Crippen LogP contribution in [0.5, 0.6) is 0 Å². The largest absolute Gasteiger partial charge is 0.379 e. The molecule has 2 rings (SSSR count). The van der Waals surface area contributed by atoms with Gasteiger partial charge in [-0.05, 0) is 31.3 Å². The fourth-order valence-corrected chi connectivity index (χ4v) is 3.70. The number of ether oxygens (including phenoxy) is 1. The van der Waals surface area contributed by atoms with Gasteiger partial charge in [-0.2, -0.15) is 0 Å². The molecule has 1 fully saturated rings. The first-order chi connectivity index (χ1) is 9.55. The minimum absolute atomic E-state index is 0.0859. The van der Waals surface area contributed by atoms with Gasteiger partial charge in [-0.1, -0.05) is 0 Å². The number of sulfone groups is 1. The van der Waals surface area contributed by atoms with E-state index in [1.807, 2.05) is 0 Å². The molecule has 114 valence electrons. The van der Waals surface area contributed by atoms with E-state index < -0.39 is 9.84 Å². The first kappa shape index (κ1) is 15.7. The summed E-state index contributed by atoms with van der Waals surface area (Å²) in [6.45, 7) is 5.43. The third-order valence-corrected chi connectivity index (χ3v) is 4.94. The number of thiocarbonyl (C=S) groups is 1. The second kappa shape index (κ2) is 7.35. The second-order valence-corrected chi connectivity index (χ2v) is 7.31. The van der Waals surface area contributed by atoms with E-state index >= 15 is 0 Å². The molecule has 1 saturated heterocycles. The summed E-state index contributed by atoms with van der Waals surface area (Å²) in [6, 6.07) is -0.209. The number of hydrogen-bond donors (Lipinski definition) is 2. The van der Waals surface area contributed by atoms with Gasteiger partial charge in [-0.25, -0.2) is 8.42 Å². The van der Waals surface area contributed by atoms with Crippen LogP contribution in [0.2, 0.25) is 0 Å². The Morgan fingerprint density at radius 1 is 1.40 bits per heavy atom. The Morgan fingerprint density at radius 3 is 2.80 bits per heavy atom. The van der Waals surface area contributed by atoms with Gasteiger partial charge in [-0.3, -0.25) is 4.90 Å². The number of rotatable bonds is 5. The van der Waals surface area contributed by atoms with Gasteiger partial charge >= 0.3 is 0 Å². The van der Waals surface area contributed by atoms with E-state index in [-0.39, 0.29) is 11.8 Å². The Labute approximate surface area is 125 Å². The molecule has 0 saturated carbocycles. The van der Waals surface area contributed by atoms with E-state index in [9.17, 15) is 8.42 Å². The Morgan fingerprint density at radius 2 is 2.15 bits per heavy atom. The van der Waals surface area contributed by atoms with Crippen LogP contribution >= 0.6 is 12.2 Å². The number of nitrogens with one attached hydrogen (secondary N) is 2. The molecule has 1 unspecified atom stereocenters. The Hall–Kier alpha value is -0.700. The third-order valence-electron chi connectivity index (χ3n) is 3.29. The van der Waals surface area contributed by atoms with Crippen molar-refractivity contribution in [3.05, 3.63) is 11.5 Å². The normalized spacial score (nSPS) is 25.5. The highest BCUT2D eigenvalue weighted by Crippen LogP contribution is 2.07. The summed E-state index contributed by atoms with van der Waals surface area (Å²) in [7, 11) is -3.03. The van der Waals surface area contributed by atoms with E-state index in [2.05, 4.69) is 15.5 Å². The highest BCUT2D eigenvalue weighted by atomic mass is 32.2. The van der Waals surface area contributed by atoms with Crippen molar-refractivity contribution in [2.24, 2.45) is 0 Å². The third kappa shape index (κ3) is 5.35. The summed E-state index contributed by atoms with van der Waals surface area (Å²) in [5, 5.41) is 7.86. The molecule has 6 nitrogen and oxygen atoms in total. The van der Waals surface area contributed by atoms with E-state index in [1.165, 1.54) is 5.41 Å². The smallest absolute Gasteiger partial charge is 0.173 e. The van der Waals surface area contributed by atoms with Crippen molar-refractivity contribution in [2.45, 2.75) is 12.5 Å². The second-order valence-electron chi connectivity index (χ2n) is 4.97. The van der Waals surface area contributed by atoms with Crippen molar-refractivity contribution in [3.63, 3.8) is 0 Å².